The van der Waals surface area contributed by atoms with Gasteiger partial charge >= 0.3 is 0 Å². The molecule has 0 spiro atoms. The van der Waals surface area contributed by atoms with E-state index in [1.807, 2.05) is 0 Å². The maximum atomic E-state index is 5.83. The minimum absolute atomic E-state index is 0.286. The summed E-state index contributed by atoms with van der Waals surface area (Å²) < 4.78 is 10.5. The second-order valence-corrected chi connectivity index (χ2v) is 3.94. The van der Waals surface area contributed by atoms with E-state index < -0.39 is 0 Å². The summed E-state index contributed by atoms with van der Waals surface area (Å²) in [5.41, 5.74) is 0.829. The summed E-state index contributed by atoms with van der Waals surface area (Å²) in [7, 11) is 3.23. The van der Waals surface area contributed by atoms with Crippen LogP contribution in [0.25, 0.3) is 0 Å². The molecule has 0 bridgehead atoms. The van der Waals surface area contributed by atoms with Crippen molar-refractivity contribution in [2.24, 2.45) is 0 Å². The Morgan fingerprint density at radius 2 is 2.18 bits per heavy atom. The smallest absolute Gasteiger partial charge is 0.183 e. The monoisotopic (exact) mass is 258 g/mol. The molecular weight excluding hydrogens is 240 g/mol. The molecule has 1 aromatic rings. The van der Waals surface area contributed by atoms with E-state index in [2.05, 4.69) is 17.2 Å². The number of rotatable bonds is 7. The highest BCUT2D eigenvalue weighted by molar-refractivity contribution is 6.18. The number of nitrogens with one attached hydrogen (secondary N) is 1. The number of methoxy groups -OCH3 is 2. The molecule has 0 radical (unpaired) electrons. The van der Waals surface area contributed by atoms with Gasteiger partial charge in [0.25, 0.3) is 0 Å². The SMILES string of the molecule is CCC(CCl)NCc1nccc(OC)c1OC. The number of ether oxygens (including phenoxy) is 2. The number of aromatic nitrogens is 1. The van der Waals surface area contributed by atoms with Crippen LogP contribution >= 0.6 is 11.6 Å². The summed E-state index contributed by atoms with van der Waals surface area (Å²) in [6.45, 7) is 2.71. The van der Waals surface area contributed by atoms with Crippen LogP contribution in [-0.4, -0.2) is 31.1 Å². The molecule has 1 rings (SSSR count). The molecule has 1 atom stereocenters. The fourth-order valence-electron chi connectivity index (χ4n) is 1.53. The lowest BCUT2D eigenvalue weighted by atomic mass is 10.2. The third kappa shape index (κ3) is 3.75. The highest BCUT2D eigenvalue weighted by atomic mass is 35.5. The highest BCUT2D eigenvalue weighted by Crippen LogP contribution is 2.28. The van der Waals surface area contributed by atoms with Gasteiger partial charge in [0, 0.05) is 30.7 Å². The lowest BCUT2D eigenvalue weighted by Gasteiger charge is -2.16. The number of pyridine rings is 1. The summed E-state index contributed by atoms with van der Waals surface area (Å²) in [5.74, 6) is 1.95. The van der Waals surface area contributed by atoms with Gasteiger partial charge in [-0.3, -0.25) is 4.98 Å². The van der Waals surface area contributed by atoms with Crippen molar-refractivity contribution in [3.05, 3.63) is 18.0 Å². The van der Waals surface area contributed by atoms with E-state index in [9.17, 15) is 0 Å². The molecule has 4 nitrogen and oxygen atoms in total. The molecule has 0 aromatic carbocycles. The van der Waals surface area contributed by atoms with Crippen molar-refractivity contribution in [2.45, 2.75) is 25.9 Å². The molecular formula is C12H19ClN2O2. The van der Waals surface area contributed by atoms with Gasteiger partial charge in [-0.2, -0.15) is 0 Å². The Hall–Kier alpha value is -1.00. The molecule has 1 aromatic heterocycles. The lowest BCUT2D eigenvalue weighted by molar-refractivity contribution is 0.347. The van der Waals surface area contributed by atoms with E-state index >= 15 is 0 Å². The Kier molecular flexibility index (Phi) is 6.08. The van der Waals surface area contributed by atoms with Crippen molar-refractivity contribution in [3.63, 3.8) is 0 Å². The average Bonchev–Trinajstić information content (AvgIpc) is 2.39. The van der Waals surface area contributed by atoms with Crippen LogP contribution in [0.4, 0.5) is 0 Å². The molecule has 0 saturated heterocycles. The van der Waals surface area contributed by atoms with Gasteiger partial charge in [0.15, 0.2) is 11.5 Å². The van der Waals surface area contributed by atoms with Gasteiger partial charge in [-0.15, -0.1) is 11.6 Å². The van der Waals surface area contributed by atoms with Crippen molar-refractivity contribution >= 4 is 11.6 Å². The summed E-state index contributed by atoms with van der Waals surface area (Å²) in [4.78, 5) is 4.29. The molecule has 0 amide bonds. The summed E-state index contributed by atoms with van der Waals surface area (Å²) in [6, 6.07) is 2.07. The van der Waals surface area contributed by atoms with Crippen molar-refractivity contribution in [2.75, 3.05) is 20.1 Å². The van der Waals surface area contributed by atoms with E-state index in [0.717, 1.165) is 12.1 Å². The van der Waals surface area contributed by atoms with E-state index in [4.69, 9.17) is 21.1 Å². The largest absolute Gasteiger partial charge is 0.493 e. The Bertz CT molecular complexity index is 343. The zero-order chi connectivity index (χ0) is 12.7. The van der Waals surface area contributed by atoms with Crippen molar-refractivity contribution in [1.29, 1.82) is 0 Å². The molecule has 96 valence electrons. The zero-order valence-corrected chi connectivity index (χ0v) is 11.3. The Morgan fingerprint density at radius 3 is 2.71 bits per heavy atom. The molecule has 1 heterocycles. The predicted octanol–water partition coefficient (Wildman–Crippen LogP) is 2.21. The normalized spacial score (nSPS) is 12.2. The number of nitrogens with zero attached hydrogens (tertiary/aromatic N) is 1. The Labute approximate surface area is 107 Å². The summed E-state index contributed by atoms with van der Waals surface area (Å²) in [6.07, 6.45) is 2.69. The van der Waals surface area contributed by atoms with Gasteiger partial charge in [-0.05, 0) is 6.42 Å². The quantitative estimate of drug-likeness (QED) is 0.762. The molecule has 1 N–H and O–H groups in total. The molecule has 5 heteroatoms. The van der Waals surface area contributed by atoms with Crippen LogP contribution in [0.3, 0.4) is 0 Å². The van der Waals surface area contributed by atoms with Crippen molar-refractivity contribution in [3.8, 4) is 11.5 Å². The third-order valence-electron chi connectivity index (χ3n) is 2.60. The van der Waals surface area contributed by atoms with Crippen molar-refractivity contribution in [1.82, 2.24) is 10.3 Å². The number of alkyl halides is 1. The van der Waals surface area contributed by atoms with Gasteiger partial charge < -0.3 is 14.8 Å². The van der Waals surface area contributed by atoms with Crippen LogP contribution < -0.4 is 14.8 Å². The predicted molar refractivity (Wildman–Crippen MR) is 69.0 cm³/mol. The van der Waals surface area contributed by atoms with Gasteiger partial charge in [0.2, 0.25) is 0 Å². The molecule has 0 aliphatic carbocycles. The van der Waals surface area contributed by atoms with Crippen LogP contribution in [0, 0.1) is 0 Å². The van der Waals surface area contributed by atoms with Crippen LogP contribution in [-0.2, 0) is 6.54 Å². The maximum absolute atomic E-state index is 5.83. The van der Waals surface area contributed by atoms with Gasteiger partial charge in [-0.25, -0.2) is 0 Å². The molecule has 0 fully saturated rings. The van der Waals surface area contributed by atoms with E-state index in [-0.39, 0.29) is 6.04 Å². The minimum Gasteiger partial charge on any atom is -0.493 e. The lowest BCUT2D eigenvalue weighted by Crippen LogP contribution is -2.29. The minimum atomic E-state index is 0.286. The topological polar surface area (TPSA) is 43.4 Å². The molecule has 1 unspecified atom stereocenters. The fraction of sp³-hybridized carbons (Fsp3) is 0.583. The van der Waals surface area contributed by atoms with Crippen LogP contribution in [0.2, 0.25) is 0 Å². The van der Waals surface area contributed by atoms with Gasteiger partial charge in [0.05, 0.1) is 19.9 Å². The fourth-order valence-corrected chi connectivity index (χ4v) is 1.85. The number of hydrogen-bond acceptors (Lipinski definition) is 4. The van der Waals surface area contributed by atoms with Gasteiger partial charge in [-0.1, -0.05) is 6.92 Å². The molecule has 0 aliphatic heterocycles. The first-order chi connectivity index (χ1) is 8.26. The van der Waals surface area contributed by atoms with Crippen LogP contribution in [0.1, 0.15) is 19.0 Å². The molecule has 0 aliphatic rings. The Morgan fingerprint density at radius 1 is 1.41 bits per heavy atom. The maximum Gasteiger partial charge on any atom is 0.183 e. The van der Waals surface area contributed by atoms with Gasteiger partial charge in [0.1, 0.15) is 0 Å². The summed E-state index contributed by atoms with van der Waals surface area (Å²) >= 11 is 5.83. The van der Waals surface area contributed by atoms with Crippen molar-refractivity contribution < 1.29 is 9.47 Å². The molecule has 17 heavy (non-hydrogen) atoms. The summed E-state index contributed by atoms with van der Waals surface area (Å²) in [5, 5.41) is 3.33. The van der Waals surface area contributed by atoms with E-state index in [1.54, 1.807) is 26.5 Å². The third-order valence-corrected chi connectivity index (χ3v) is 2.98. The Balaban J connectivity index is 2.76. The standard InChI is InChI=1S/C12H19ClN2O2/c1-4-9(7-13)15-8-10-12(17-3)11(16-2)5-6-14-10/h5-6,9,15H,4,7-8H2,1-3H3. The number of hydrogen-bond donors (Lipinski definition) is 1. The number of halogens is 1. The van der Waals surface area contributed by atoms with Crippen LogP contribution in [0.15, 0.2) is 12.3 Å². The first-order valence-electron chi connectivity index (χ1n) is 5.62. The second kappa shape index (κ2) is 7.35. The van der Waals surface area contributed by atoms with E-state index in [0.29, 0.717) is 23.9 Å². The zero-order valence-electron chi connectivity index (χ0n) is 10.5. The van der Waals surface area contributed by atoms with E-state index in [1.165, 1.54) is 0 Å². The first-order valence-corrected chi connectivity index (χ1v) is 6.15. The first kappa shape index (κ1) is 14.1. The van der Waals surface area contributed by atoms with Crippen LogP contribution in [0.5, 0.6) is 11.5 Å². The average molecular weight is 259 g/mol. The highest BCUT2D eigenvalue weighted by Gasteiger charge is 2.12. The second-order valence-electron chi connectivity index (χ2n) is 3.63. The molecule has 0 saturated carbocycles.